The number of halogens is 2. The molecule has 0 atom stereocenters. The van der Waals surface area contributed by atoms with Crippen LogP contribution in [-0.2, 0) is 5.92 Å². The van der Waals surface area contributed by atoms with Crippen LogP contribution < -0.4 is 21.7 Å². The van der Waals surface area contributed by atoms with E-state index in [0.29, 0.717) is 5.69 Å². The van der Waals surface area contributed by atoms with Gasteiger partial charge in [-0.2, -0.15) is 0 Å². The zero-order chi connectivity index (χ0) is 22.6. The van der Waals surface area contributed by atoms with Crippen LogP contribution in [0.5, 0.6) is 0 Å². The molecule has 0 bridgehead atoms. The Bertz CT molecular complexity index is 1130. The van der Waals surface area contributed by atoms with Crippen molar-refractivity contribution in [2.45, 2.75) is 12.8 Å². The van der Waals surface area contributed by atoms with Gasteiger partial charge in [0, 0.05) is 32.4 Å². The van der Waals surface area contributed by atoms with Crippen molar-refractivity contribution in [2.24, 2.45) is 5.73 Å². The van der Waals surface area contributed by atoms with Crippen LogP contribution in [0.4, 0.5) is 31.8 Å². The molecule has 0 aliphatic heterocycles. The lowest BCUT2D eigenvalue weighted by atomic mass is 10.1. The SMILES string of the molecule is CNC(=O)c1cnc(Nc2ncccc2C(C)(F)F)cc1Nc1ccccc1C(N)=O. The summed E-state index contributed by atoms with van der Waals surface area (Å²) in [5.41, 5.74) is 6.16. The Kier molecular flexibility index (Phi) is 6.10. The van der Waals surface area contributed by atoms with Crippen LogP contribution in [0.3, 0.4) is 0 Å². The molecular weight excluding hydrogens is 406 g/mol. The summed E-state index contributed by atoms with van der Waals surface area (Å²) >= 11 is 0. The van der Waals surface area contributed by atoms with Gasteiger partial charge in [-0.25, -0.2) is 18.7 Å². The maximum Gasteiger partial charge on any atom is 0.274 e. The predicted molar refractivity (Wildman–Crippen MR) is 113 cm³/mol. The predicted octanol–water partition coefficient (Wildman–Crippen LogP) is 3.53. The van der Waals surface area contributed by atoms with Gasteiger partial charge in [0.05, 0.1) is 28.1 Å². The van der Waals surface area contributed by atoms with E-state index in [0.717, 1.165) is 6.92 Å². The number of carbonyl (C=O) groups excluding carboxylic acids is 2. The highest BCUT2D eigenvalue weighted by molar-refractivity contribution is 6.03. The summed E-state index contributed by atoms with van der Waals surface area (Å²) < 4.78 is 27.8. The molecule has 0 fully saturated rings. The van der Waals surface area contributed by atoms with E-state index in [1.807, 2.05) is 0 Å². The molecule has 0 radical (unpaired) electrons. The Morgan fingerprint density at radius 2 is 1.74 bits per heavy atom. The summed E-state index contributed by atoms with van der Waals surface area (Å²) in [5.74, 6) is -4.12. The number of nitrogens with two attached hydrogens (primary N) is 1. The first-order valence-corrected chi connectivity index (χ1v) is 9.19. The number of primary amides is 1. The molecular formula is C21H20F2N6O2. The summed E-state index contributed by atoms with van der Waals surface area (Å²) in [4.78, 5) is 32.1. The number of hydrogen-bond acceptors (Lipinski definition) is 6. The second-order valence-electron chi connectivity index (χ2n) is 6.64. The first-order chi connectivity index (χ1) is 14.7. The number of nitrogens with zero attached hydrogens (tertiary/aromatic N) is 2. The van der Waals surface area contributed by atoms with Crippen molar-refractivity contribution in [1.82, 2.24) is 15.3 Å². The Labute approximate surface area is 176 Å². The van der Waals surface area contributed by atoms with Gasteiger partial charge in [-0.15, -0.1) is 0 Å². The first kappa shape index (κ1) is 21.6. The van der Waals surface area contributed by atoms with Gasteiger partial charge < -0.3 is 21.7 Å². The molecule has 0 saturated heterocycles. The molecule has 0 aliphatic carbocycles. The number of carbonyl (C=O) groups is 2. The van der Waals surface area contributed by atoms with Gasteiger partial charge in [-0.05, 0) is 24.3 Å². The lowest BCUT2D eigenvalue weighted by Crippen LogP contribution is -2.20. The normalized spacial score (nSPS) is 11.0. The van der Waals surface area contributed by atoms with Gasteiger partial charge >= 0.3 is 0 Å². The molecule has 1 aromatic carbocycles. The standard InChI is InChI=1S/C21H20F2N6O2/c1-21(22,23)14-7-5-9-26-19(14)29-17-10-16(13(11-27-17)20(31)25-2)28-15-8-4-3-6-12(15)18(24)30/h3-11H,1-2H3,(H2,24,30)(H,25,31)(H2,26,27,28,29). The number of benzene rings is 1. The van der Waals surface area contributed by atoms with Crippen molar-refractivity contribution in [3.8, 4) is 0 Å². The fraction of sp³-hybridized carbons (Fsp3) is 0.143. The Balaban J connectivity index is 2.03. The third-order valence-corrected chi connectivity index (χ3v) is 4.36. The molecule has 2 aromatic heterocycles. The van der Waals surface area contributed by atoms with Crippen LogP contribution in [0.25, 0.3) is 0 Å². The lowest BCUT2D eigenvalue weighted by molar-refractivity contribution is 0.0180. The van der Waals surface area contributed by atoms with Gasteiger partial charge in [0.1, 0.15) is 11.6 Å². The summed E-state index contributed by atoms with van der Waals surface area (Å²) in [6.07, 6.45) is 2.65. The van der Waals surface area contributed by atoms with E-state index in [1.165, 1.54) is 43.7 Å². The number of para-hydroxylation sites is 1. The molecule has 10 heteroatoms. The van der Waals surface area contributed by atoms with Crippen LogP contribution in [-0.4, -0.2) is 28.8 Å². The number of pyridine rings is 2. The number of rotatable bonds is 7. The summed E-state index contributed by atoms with van der Waals surface area (Å²) in [5, 5.41) is 8.26. The van der Waals surface area contributed by atoms with Crippen LogP contribution >= 0.6 is 0 Å². The second-order valence-corrected chi connectivity index (χ2v) is 6.64. The topological polar surface area (TPSA) is 122 Å². The summed E-state index contributed by atoms with van der Waals surface area (Å²) in [6, 6.07) is 10.6. The van der Waals surface area contributed by atoms with E-state index in [-0.39, 0.29) is 34.0 Å². The van der Waals surface area contributed by atoms with Crippen LogP contribution in [0, 0.1) is 0 Å². The molecule has 8 nitrogen and oxygen atoms in total. The van der Waals surface area contributed by atoms with E-state index in [1.54, 1.807) is 18.2 Å². The smallest absolute Gasteiger partial charge is 0.274 e. The number of nitrogens with one attached hydrogen (secondary N) is 3. The van der Waals surface area contributed by atoms with Crippen LogP contribution in [0.15, 0.2) is 54.9 Å². The molecule has 2 heterocycles. The maximum absolute atomic E-state index is 13.9. The van der Waals surface area contributed by atoms with Gasteiger partial charge in [0.15, 0.2) is 0 Å². The van der Waals surface area contributed by atoms with Crippen molar-refractivity contribution in [3.05, 3.63) is 71.5 Å². The molecule has 0 saturated carbocycles. The monoisotopic (exact) mass is 426 g/mol. The van der Waals surface area contributed by atoms with Gasteiger partial charge in [-0.1, -0.05) is 12.1 Å². The van der Waals surface area contributed by atoms with Gasteiger partial charge in [0.25, 0.3) is 17.7 Å². The second kappa shape index (κ2) is 8.74. The fourth-order valence-corrected chi connectivity index (χ4v) is 2.88. The molecule has 0 aliphatic rings. The Morgan fingerprint density at radius 3 is 2.42 bits per heavy atom. The average molecular weight is 426 g/mol. The molecule has 0 unspecified atom stereocenters. The first-order valence-electron chi connectivity index (χ1n) is 9.19. The van der Waals surface area contributed by atoms with Crippen molar-refractivity contribution in [1.29, 1.82) is 0 Å². The third-order valence-electron chi connectivity index (χ3n) is 4.36. The zero-order valence-corrected chi connectivity index (χ0v) is 16.7. The Hall–Kier alpha value is -4.08. The highest BCUT2D eigenvalue weighted by atomic mass is 19.3. The van der Waals surface area contributed by atoms with E-state index in [2.05, 4.69) is 25.9 Å². The number of amides is 2. The van der Waals surface area contributed by atoms with Crippen molar-refractivity contribution in [2.75, 3.05) is 17.7 Å². The van der Waals surface area contributed by atoms with E-state index >= 15 is 0 Å². The molecule has 3 rings (SSSR count). The zero-order valence-electron chi connectivity index (χ0n) is 16.7. The molecule has 31 heavy (non-hydrogen) atoms. The van der Waals surface area contributed by atoms with Crippen LogP contribution in [0.2, 0.25) is 0 Å². The third kappa shape index (κ3) is 4.92. The Morgan fingerprint density at radius 1 is 1.00 bits per heavy atom. The fourth-order valence-electron chi connectivity index (χ4n) is 2.88. The van der Waals surface area contributed by atoms with Crippen LogP contribution in [0.1, 0.15) is 33.2 Å². The summed E-state index contributed by atoms with van der Waals surface area (Å²) in [7, 11) is 1.46. The minimum Gasteiger partial charge on any atom is -0.366 e. The largest absolute Gasteiger partial charge is 0.366 e. The van der Waals surface area contributed by atoms with E-state index in [4.69, 9.17) is 5.73 Å². The molecule has 160 valence electrons. The quantitative estimate of drug-likeness (QED) is 0.458. The van der Waals surface area contributed by atoms with Gasteiger partial charge in [0.2, 0.25) is 0 Å². The number of anilines is 4. The minimum absolute atomic E-state index is 0.0707. The lowest BCUT2D eigenvalue weighted by Gasteiger charge is -2.17. The number of alkyl halides is 2. The minimum atomic E-state index is -3.12. The molecule has 3 aromatic rings. The average Bonchev–Trinajstić information content (AvgIpc) is 2.73. The highest BCUT2D eigenvalue weighted by Crippen LogP contribution is 2.33. The van der Waals surface area contributed by atoms with E-state index < -0.39 is 17.7 Å². The van der Waals surface area contributed by atoms with Crippen molar-refractivity contribution >= 4 is 34.8 Å². The van der Waals surface area contributed by atoms with Gasteiger partial charge in [-0.3, -0.25) is 9.59 Å². The molecule has 2 amide bonds. The van der Waals surface area contributed by atoms with Crippen molar-refractivity contribution < 1.29 is 18.4 Å². The maximum atomic E-state index is 13.9. The summed E-state index contributed by atoms with van der Waals surface area (Å²) in [6.45, 7) is 0.769. The highest BCUT2D eigenvalue weighted by Gasteiger charge is 2.28. The molecule has 0 spiro atoms. The number of hydrogen-bond donors (Lipinski definition) is 4. The van der Waals surface area contributed by atoms with E-state index in [9.17, 15) is 18.4 Å². The molecule has 5 N–H and O–H groups in total. The van der Waals surface area contributed by atoms with Crippen molar-refractivity contribution in [3.63, 3.8) is 0 Å². The number of aromatic nitrogens is 2.